The Morgan fingerprint density at radius 2 is 2.29 bits per heavy atom. The molecule has 1 aliphatic heterocycles. The van der Waals surface area contributed by atoms with Crippen LogP contribution in [0, 0.1) is 0 Å². The Morgan fingerprint density at radius 1 is 1.47 bits per heavy atom. The van der Waals surface area contributed by atoms with Gasteiger partial charge in [-0.3, -0.25) is 9.58 Å². The summed E-state index contributed by atoms with van der Waals surface area (Å²) in [4.78, 5) is 2.38. The van der Waals surface area contributed by atoms with Crippen LogP contribution in [0.4, 0.5) is 0 Å². The topological polar surface area (TPSA) is 41.3 Å². The summed E-state index contributed by atoms with van der Waals surface area (Å²) in [5.74, 6) is 0. The lowest BCUT2D eigenvalue weighted by molar-refractivity contribution is 0.151. The first-order chi connectivity index (χ1) is 8.28. The van der Waals surface area contributed by atoms with Crippen molar-refractivity contribution in [3.63, 3.8) is 0 Å². The summed E-state index contributed by atoms with van der Waals surface area (Å²) < 4.78 is 2.09. The van der Waals surface area contributed by atoms with E-state index in [-0.39, 0.29) is 6.61 Å². The third-order valence-electron chi connectivity index (χ3n) is 3.65. The molecule has 2 heterocycles. The Bertz CT molecular complexity index is 362. The minimum Gasteiger partial charge on any atom is -0.395 e. The molecule has 4 nitrogen and oxygen atoms in total. The van der Waals surface area contributed by atoms with Crippen LogP contribution in [0.1, 0.15) is 38.1 Å². The Morgan fingerprint density at radius 3 is 2.94 bits per heavy atom. The molecule has 1 N–H and O–H groups in total. The molecule has 0 aromatic carbocycles. The number of aliphatic hydroxyl groups is 1. The molecule has 17 heavy (non-hydrogen) atoms. The largest absolute Gasteiger partial charge is 0.395 e. The van der Waals surface area contributed by atoms with Crippen molar-refractivity contribution in [3.05, 3.63) is 17.5 Å². The van der Waals surface area contributed by atoms with E-state index in [1.807, 2.05) is 0 Å². The lowest BCUT2D eigenvalue weighted by atomic mass is 10.2. The number of aliphatic hydroxyl groups excluding tert-OH is 1. The lowest BCUT2D eigenvalue weighted by Crippen LogP contribution is -2.32. The van der Waals surface area contributed by atoms with Crippen molar-refractivity contribution < 1.29 is 5.11 Å². The second-order valence-electron chi connectivity index (χ2n) is 4.75. The predicted octanol–water partition coefficient (Wildman–Crippen LogP) is 1.42. The molecule has 1 fully saturated rings. The maximum Gasteiger partial charge on any atom is 0.0625 e. The molecule has 0 aliphatic carbocycles. The number of likely N-dealkylation sites (tertiary alicyclic amines) is 1. The van der Waals surface area contributed by atoms with Gasteiger partial charge in [-0.1, -0.05) is 6.92 Å². The van der Waals surface area contributed by atoms with Crippen LogP contribution in [0.2, 0.25) is 0 Å². The molecule has 1 aromatic rings. The highest BCUT2D eigenvalue weighted by Crippen LogP contribution is 2.20. The van der Waals surface area contributed by atoms with Crippen molar-refractivity contribution in [3.8, 4) is 0 Å². The zero-order valence-electron chi connectivity index (χ0n) is 10.9. The minimum absolute atomic E-state index is 0.279. The fraction of sp³-hybridized carbons (Fsp3) is 0.769. The first kappa shape index (κ1) is 12.6. The van der Waals surface area contributed by atoms with E-state index in [0.717, 1.165) is 32.5 Å². The van der Waals surface area contributed by atoms with Crippen LogP contribution in [0.15, 0.2) is 6.07 Å². The first-order valence-electron chi connectivity index (χ1n) is 6.69. The maximum atomic E-state index is 9.33. The molecule has 0 bridgehead atoms. The van der Waals surface area contributed by atoms with Crippen molar-refractivity contribution in [1.29, 1.82) is 0 Å². The highest BCUT2D eigenvalue weighted by atomic mass is 16.3. The molecule has 2 rings (SSSR count). The van der Waals surface area contributed by atoms with E-state index in [1.54, 1.807) is 0 Å². The number of nitrogens with zero attached hydrogens (tertiary/aromatic N) is 3. The highest BCUT2D eigenvalue weighted by Gasteiger charge is 2.24. The number of hydrogen-bond donors (Lipinski definition) is 1. The molecule has 1 aromatic heterocycles. The lowest BCUT2D eigenvalue weighted by Gasteiger charge is -2.22. The fourth-order valence-corrected chi connectivity index (χ4v) is 2.61. The van der Waals surface area contributed by atoms with E-state index < -0.39 is 0 Å². The van der Waals surface area contributed by atoms with E-state index in [1.165, 1.54) is 17.8 Å². The van der Waals surface area contributed by atoms with Crippen LogP contribution < -0.4 is 0 Å². The average molecular weight is 237 g/mol. The second-order valence-corrected chi connectivity index (χ2v) is 4.75. The smallest absolute Gasteiger partial charge is 0.0625 e. The molecule has 0 radical (unpaired) electrons. The first-order valence-corrected chi connectivity index (χ1v) is 6.69. The van der Waals surface area contributed by atoms with Crippen LogP contribution in [0.5, 0.6) is 0 Å². The normalized spacial score (nSPS) is 21.2. The standard InChI is InChI=1S/C13H23N3O/c1-3-11-8-13(16(4-2)14-11)9-15-7-5-6-12(15)10-17/h8,12,17H,3-7,9-10H2,1-2H3/t12-/m1/s1. The van der Waals surface area contributed by atoms with Gasteiger partial charge in [-0.05, 0) is 38.8 Å². The quantitative estimate of drug-likeness (QED) is 0.842. The number of aromatic nitrogens is 2. The SMILES string of the molecule is CCc1cc(CN2CCC[C@@H]2CO)n(CC)n1. The Kier molecular flexibility index (Phi) is 4.18. The second kappa shape index (κ2) is 5.65. The van der Waals surface area contributed by atoms with Gasteiger partial charge in [-0.15, -0.1) is 0 Å². The fourth-order valence-electron chi connectivity index (χ4n) is 2.61. The molecule has 0 amide bonds. The van der Waals surface area contributed by atoms with E-state index in [4.69, 9.17) is 0 Å². The van der Waals surface area contributed by atoms with Crippen molar-refractivity contribution in [1.82, 2.24) is 14.7 Å². The third-order valence-corrected chi connectivity index (χ3v) is 3.65. The minimum atomic E-state index is 0.279. The maximum absolute atomic E-state index is 9.33. The zero-order valence-corrected chi connectivity index (χ0v) is 10.9. The molecule has 1 aliphatic rings. The summed E-state index contributed by atoms with van der Waals surface area (Å²) in [6.45, 7) is 7.49. The summed E-state index contributed by atoms with van der Waals surface area (Å²) in [6, 6.07) is 2.55. The van der Waals surface area contributed by atoms with E-state index in [2.05, 4.69) is 34.6 Å². The molecular formula is C13H23N3O. The van der Waals surface area contributed by atoms with Crippen LogP contribution >= 0.6 is 0 Å². The van der Waals surface area contributed by atoms with E-state index in [0.29, 0.717) is 6.04 Å². The Balaban J connectivity index is 2.09. The van der Waals surface area contributed by atoms with Gasteiger partial charge in [-0.25, -0.2) is 0 Å². The van der Waals surface area contributed by atoms with Gasteiger partial charge in [0, 0.05) is 19.1 Å². The molecular weight excluding hydrogens is 214 g/mol. The molecule has 0 saturated carbocycles. The number of hydrogen-bond acceptors (Lipinski definition) is 3. The van der Waals surface area contributed by atoms with Gasteiger partial charge in [0.1, 0.15) is 0 Å². The Hall–Kier alpha value is -0.870. The summed E-state index contributed by atoms with van der Waals surface area (Å²) in [5, 5.41) is 13.9. The van der Waals surface area contributed by atoms with Gasteiger partial charge >= 0.3 is 0 Å². The van der Waals surface area contributed by atoms with Crippen LogP contribution in [-0.4, -0.2) is 39.0 Å². The predicted molar refractivity (Wildman–Crippen MR) is 67.8 cm³/mol. The van der Waals surface area contributed by atoms with Crippen molar-refractivity contribution >= 4 is 0 Å². The summed E-state index contributed by atoms with van der Waals surface area (Å²) in [7, 11) is 0. The van der Waals surface area contributed by atoms with E-state index in [9.17, 15) is 5.11 Å². The van der Waals surface area contributed by atoms with Gasteiger partial charge < -0.3 is 5.11 Å². The van der Waals surface area contributed by atoms with Gasteiger partial charge in [0.2, 0.25) is 0 Å². The number of aryl methyl sites for hydroxylation is 2. The van der Waals surface area contributed by atoms with Gasteiger partial charge in [0.05, 0.1) is 18.0 Å². The van der Waals surface area contributed by atoms with Crippen molar-refractivity contribution in [2.45, 2.75) is 52.2 Å². The third kappa shape index (κ3) is 2.69. The molecule has 96 valence electrons. The molecule has 1 saturated heterocycles. The van der Waals surface area contributed by atoms with Crippen LogP contribution in [0.3, 0.4) is 0 Å². The van der Waals surface area contributed by atoms with Crippen molar-refractivity contribution in [2.24, 2.45) is 0 Å². The summed E-state index contributed by atoms with van der Waals surface area (Å²) in [6.07, 6.45) is 3.31. The number of rotatable bonds is 5. The van der Waals surface area contributed by atoms with Crippen LogP contribution in [-0.2, 0) is 19.5 Å². The van der Waals surface area contributed by atoms with E-state index >= 15 is 0 Å². The Labute approximate surface area is 103 Å². The molecule has 1 atom stereocenters. The highest BCUT2D eigenvalue weighted by molar-refractivity contribution is 5.11. The van der Waals surface area contributed by atoms with Crippen molar-refractivity contribution in [2.75, 3.05) is 13.2 Å². The molecule has 4 heteroatoms. The summed E-state index contributed by atoms with van der Waals surface area (Å²) >= 11 is 0. The monoisotopic (exact) mass is 237 g/mol. The molecule has 0 spiro atoms. The van der Waals surface area contributed by atoms with Gasteiger partial charge in [0.25, 0.3) is 0 Å². The molecule has 0 unspecified atom stereocenters. The van der Waals surface area contributed by atoms with Gasteiger partial charge in [0.15, 0.2) is 0 Å². The van der Waals surface area contributed by atoms with Crippen LogP contribution in [0.25, 0.3) is 0 Å². The van der Waals surface area contributed by atoms with Gasteiger partial charge in [-0.2, -0.15) is 5.10 Å². The summed E-state index contributed by atoms with van der Waals surface area (Å²) in [5.41, 5.74) is 2.45. The average Bonchev–Trinajstić information content (AvgIpc) is 2.95. The zero-order chi connectivity index (χ0) is 12.3.